The SMILES string of the molecule is CC(CO)(Nc1ccccc1)c1c(F)cccc1F. The zero-order valence-corrected chi connectivity index (χ0v) is 10.5. The standard InChI is InChI=1S/C15H15F2NO/c1-15(10-19,18-11-6-3-2-4-7-11)14-12(16)8-5-9-13(14)17/h2-9,18-19H,10H2,1H3. The summed E-state index contributed by atoms with van der Waals surface area (Å²) in [6.45, 7) is 1.13. The van der Waals surface area contributed by atoms with Crippen LogP contribution in [-0.4, -0.2) is 11.7 Å². The molecule has 2 aromatic rings. The zero-order chi connectivity index (χ0) is 13.9. The van der Waals surface area contributed by atoms with Crippen LogP contribution in [0.1, 0.15) is 12.5 Å². The summed E-state index contributed by atoms with van der Waals surface area (Å²) >= 11 is 0. The van der Waals surface area contributed by atoms with Crippen LogP contribution < -0.4 is 5.32 Å². The maximum atomic E-state index is 13.8. The first-order valence-corrected chi connectivity index (χ1v) is 5.95. The first kappa shape index (κ1) is 13.5. The third-order valence-corrected chi connectivity index (χ3v) is 3.02. The fraction of sp³-hybridized carbons (Fsp3) is 0.200. The lowest BCUT2D eigenvalue weighted by Crippen LogP contribution is -2.37. The first-order valence-electron chi connectivity index (χ1n) is 5.95. The molecule has 0 radical (unpaired) electrons. The van der Waals surface area contributed by atoms with E-state index < -0.39 is 23.8 Å². The molecule has 0 saturated heterocycles. The van der Waals surface area contributed by atoms with E-state index in [0.29, 0.717) is 5.69 Å². The van der Waals surface area contributed by atoms with Crippen molar-refractivity contribution < 1.29 is 13.9 Å². The van der Waals surface area contributed by atoms with Crippen molar-refractivity contribution >= 4 is 5.69 Å². The van der Waals surface area contributed by atoms with Crippen LogP contribution in [0.3, 0.4) is 0 Å². The van der Waals surface area contributed by atoms with E-state index in [2.05, 4.69) is 5.32 Å². The van der Waals surface area contributed by atoms with Gasteiger partial charge in [-0.3, -0.25) is 0 Å². The fourth-order valence-electron chi connectivity index (χ4n) is 2.05. The molecule has 2 aromatic carbocycles. The van der Waals surface area contributed by atoms with Crippen LogP contribution in [0.2, 0.25) is 0 Å². The van der Waals surface area contributed by atoms with Crippen molar-refractivity contribution in [2.45, 2.75) is 12.5 Å². The second kappa shape index (κ2) is 5.36. The van der Waals surface area contributed by atoms with Gasteiger partial charge in [0, 0.05) is 5.69 Å². The smallest absolute Gasteiger partial charge is 0.131 e. The van der Waals surface area contributed by atoms with E-state index >= 15 is 0 Å². The molecular formula is C15H15F2NO. The number of para-hydroxylation sites is 1. The molecule has 2 rings (SSSR count). The van der Waals surface area contributed by atoms with E-state index in [1.54, 1.807) is 31.2 Å². The molecule has 4 heteroatoms. The van der Waals surface area contributed by atoms with E-state index in [1.165, 1.54) is 18.2 Å². The van der Waals surface area contributed by atoms with E-state index in [1.807, 2.05) is 6.07 Å². The minimum absolute atomic E-state index is 0.165. The van der Waals surface area contributed by atoms with Crippen molar-refractivity contribution in [3.05, 3.63) is 65.7 Å². The Kier molecular flexibility index (Phi) is 3.81. The highest BCUT2D eigenvalue weighted by atomic mass is 19.1. The average Bonchev–Trinajstić information content (AvgIpc) is 2.39. The van der Waals surface area contributed by atoms with Crippen LogP contribution in [-0.2, 0) is 5.54 Å². The Labute approximate surface area is 110 Å². The van der Waals surface area contributed by atoms with E-state index in [4.69, 9.17) is 0 Å². The van der Waals surface area contributed by atoms with Crippen molar-refractivity contribution in [1.82, 2.24) is 0 Å². The van der Waals surface area contributed by atoms with Gasteiger partial charge in [0.25, 0.3) is 0 Å². The fourth-order valence-corrected chi connectivity index (χ4v) is 2.05. The number of hydrogen-bond donors (Lipinski definition) is 2. The lowest BCUT2D eigenvalue weighted by Gasteiger charge is -2.31. The van der Waals surface area contributed by atoms with Crippen LogP contribution >= 0.6 is 0 Å². The Morgan fingerprint density at radius 3 is 2.11 bits per heavy atom. The topological polar surface area (TPSA) is 32.3 Å². The molecule has 1 atom stereocenters. The van der Waals surface area contributed by atoms with Gasteiger partial charge in [0.05, 0.1) is 17.7 Å². The molecule has 0 amide bonds. The first-order chi connectivity index (χ1) is 9.07. The highest BCUT2D eigenvalue weighted by molar-refractivity contribution is 5.48. The molecule has 100 valence electrons. The number of benzene rings is 2. The highest BCUT2D eigenvalue weighted by Gasteiger charge is 2.31. The molecule has 2 nitrogen and oxygen atoms in total. The second-order valence-electron chi connectivity index (χ2n) is 4.58. The summed E-state index contributed by atoms with van der Waals surface area (Å²) in [5, 5.41) is 12.5. The summed E-state index contributed by atoms with van der Waals surface area (Å²) in [5.74, 6) is -1.36. The number of halogens is 2. The molecule has 0 aliphatic heterocycles. The number of aliphatic hydroxyl groups excluding tert-OH is 1. The molecule has 0 bridgehead atoms. The summed E-state index contributed by atoms with van der Waals surface area (Å²) in [4.78, 5) is 0. The summed E-state index contributed by atoms with van der Waals surface area (Å²) < 4.78 is 27.7. The average molecular weight is 263 g/mol. The van der Waals surface area contributed by atoms with Gasteiger partial charge in [-0.2, -0.15) is 0 Å². The number of rotatable bonds is 4. The lowest BCUT2D eigenvalue weighted by atomic mass is 9.91. The van der Waals surface area contributed by atoms with Gasteiger partial charge in [0.2, 0.25) is 0 Å². The number of anilines is 1. The van der Waals surface area contributed by atoms with Crippen molar-refractivity contribution in [3.8, 4) is 0 Å². The molecule has 0 aliphatic carbocycles. The minimum atomic E-state index is -1.23. The van der Waals surface area contributed by atoms with E-state index in [9.17, 15) is 13.9 Å². The minimum Gasteiger partial charge on any atom is -0.394 e. The maximum absolute atomic E-state index is 13.8. The molecule has 0 fully saturated rings. The van der Waals surface area contributed by atoms with Gasteiger partial charge in [0.1, 0.15) is 11.6 Å². The number of aliphatic hydroxyl groups is 1. The van der Waals surface area contributed by atoms with Gasteiger partial charge in [-0.25, -0.2) is 8.78 Å². The van der Waals surface area contributed by atoms with Gasteiger partial charge < -0.3 is 10.4 Å². The van der Waals surface area contributed by atoms with Crippen LogP contribution in [0.15, 0.2) is 48.5 Å². The Morgan fingerprint density at radius 2 is 1.58 bits per heavy atom. The summed E-state index contributed by atoms with van der Waals surface area (Å²) in [7, 11) is 0. The van der Waals surface area contributed by atoms with Crippen LogP contribution in [0, 0.1) is 11.6 Å². The summed E-state index contributed by atoms with van der Waals surface area (Å²) in [6, 6.07) is 12.6. The maximum Gasteiger partial charge on any atom is 0.131 e. The van der Waals surface area contributed by atoms with Gasteiger partial charge in [0.15, 0.2) is 0 Å². The molecule has 0 heterocycles. The largest absolute Gasteiger partial charge is 0.394 e. The van der Waals surface area contributed by atoms with Gasteiger partial charge >= 0.3 is 0 Å². The second-order valence-corrected chi connectivity index (χ2v) is 4.58. The monoisotopic (exact) mass is 263 g/mol. The van der Waals surface area contributed by atoms with E-state index in [-0.39, 0.29) is 5.56 Å². The lowest BCUT2D eigenvalue weighted by molar-refractivity contribution is 0.216. The molecule has 19 heavy (non-hydrogen) atoms. The Bertz CT molecular complexity index is 539. The zero-order valence-electron chi connectivity index (χ0n) is 10.5. The Balaban J connectivity index is 2.43. The third kappa shape index (κ3) is 2.74. The van der Waals surface area contributed by atoms with Crippen molar-refractivity contribution in [2.24, 2.45) is 0 Å². The summed E-state index contributed by atoms with van der Waals surface area (Å²) in [5.41, 5.74) is -0.709. The predicted molar refractivity (Wildman–Crippen MR) is 70.9 cm³/mol. The summed E-state index contributed by atoms with van der Waals surface area (Å²) in [6.07, 6.45) is 0. The molecular weight excluding hydrogens is 248 g/mol. The van der Waals surface area contributed by atoms with Gasteiger partial charge in [-0.1, -0.05) is 24.3 Å². The molecule has 0 saturated carbocycles. The van der Waals surface area contributed by atoms with Gasteiger partial charge in [-0.15, -0.1) is 0 Å². The van der Waals surface area contributed by atoms with Crippen molar-refractivity contribution in [2.75, 3.05) is 11.9 Å². The van der Waals surface area contributed by atoms with Crippen molar-refractivity contribution in [1.29, 1.82) is 0 Å². The van der Waals surface area contributed by atoms with Crippen LogP contribution in [0.25, 0.3) is 0 Å². The molecule has 1 unspecified atom stereocenters. The molecule has 2 N–H and O–H groups in total. The van der Waals surface area contributed by atoms with Gasteiger partial charge in [-0.05, 0) is 31.2 Å². The Morgan fingerprint density at radius 1 is 1.00 bits per heavy atom. The number of nitrogens with one attached hydrogen (secondary N) is 1. The Hall–Kier alpha value is -1.94. The predicted octanol–water partition coefficient (Wildman–Crippen LogP) is 3.28. The molecule has 0 spiro atoms. The highest BCUT2D eigenvalue weighted by Crippen LogP contribution is 2.29. The van der Waals surface area contributed by atoms with Crippen LogP contribution in [0.5, 0.6) is 0 Å². The van der Waals surface area contributed by atoms with Crippen molar-refractivity contribution in [3.63, 3.8) is 0 Å². The number of hydrogen-bond acceptors (Lipinski definition) is 2. The molecule has 0 aliphatic rings. The van der Waals surface area contributed by atoms with E-state index in [0.717, 1.165) is 0 Å². The third-order valence-electron chi connectivity index (χ3n) is 3.02. The quantitative estimate of drug-likeness (QED) is 0.887. The molecule has 0 aromatic heterocycles. The van der Waals surface area contributed by atoms with Crippen LogP contribution in [0.4, 0.5) is 14.5 Å². The normalized spacial score (nSPS) is 13.9.